The van der Waals surface area contributed by atoms with Gasteiger partial charge in [0.05, 0.1) is 22.5 Å². The molecule has 0 unspecified atom stereocenters. The maximum absolute atomic E-state index is 12.6. The van der Waals surface area contributed by atoms with Gasteiger partial charge < -0.3 is 4.57 Å². The van der Waals surface area contributed by atoms with Gasteiger partial charge in [-0.15, -0.1) is 0 Å². The topological polar surface area (TPSA) is 71.8 Å². The fourth-order valence-corrected chi connectivity index (χ4v) is 2.37. The molecule has 0 aliphatic carbocycles. The first-order chi connectivity index (χ1) is 12.4. The molecular weight excluding hydrogens is 371 g/mol. The van der Waals surface area contributed by atoms with E-state index >= 15 is 0 Å². The van der Waals surface area contributed by atoms with Gasteiger partial charge in [-0.3, -0.25) is 20.6 Å². The van der Waals surface area contributed by atoms with Gasteiger partial charge in [-0.1, -0.05) is 11.6 Å². The molecule has 26 heavy (non-hydrogen) atoms. The molecule has 3 rings (SSSR count). The van der Waals surface area contributed by atoms with Crippen LogP contribution in [0, 0.1) is 0 Å². The molecule has 3 aromatic rings. The molecule has 10 heteroatoms. The number of nitrogens with one attached hydrogen (secondary N) is 2. The lowest BCUT2D eigenvalue weighted by Gasteiger charge is -2.13. The van der Waals surface area contributed by atoms with E-state index in [2.05, 4.69) is 20.8 Å². The van der Waals surface area contributed by atoms with Gasteiger partial charge in [-0.25, -0.2) is 4.98 Å². The zero-order valence-electron chi connectivity index (χ0n) is 13.0. The van der Waals surface area contributed by atoms with Crippen LogP contribution >= 0.6 is 11.6 Å². The Morgan fingerprint density at radius 1 is 1.19 bits per heavy atom. The highest BCUT2D eigenvalue weighted by molar-refractivity contribution is 6.33. The summed E-state index contributed by atoms with van der Waals surface area (Å²) in [5, 5.41) is -0.275. The number of carbonyl (C=O) groups excluding carboxylic acids is 1. The molecule has 0 saturated heterocycles. The summed E-state index contributed by atoms with van der Waals surface area (Å²) in [6.07, 6.45) is 0.933. The molecule has 0 atom stereocenters. The lowest BCUT2D eigenvalue weighted by Crippen LogP contribution is -2.31. The van der Waals surface area contributed by atoms with E-state index in [0.717, 1.165) is 6.07 Å². The summed E-state index contributed by atoms with van der Waals surface area (Å²) in [5.41, 5.74) is 4.75. The third-order valence-corrected chi connectivity index (χ3v) is 3.66. The van der Waals surface area contributed by atoms with E-state index in [9.17, 15) is 18.0 Å². The predicted octanol–water partition coefficient (Wildman–Crippen LogP) is 3.70. The number of halogens is 4. The SMILES string of the molecule is O=C(NNc1ncc(C(F)(F)F)cc1Cl)c1cccn1-c1cccnc1. The van der Waals surface area contributed by atoms with E-state index in [1.165, 1.54) is 0 Å². The number of hydrogen-bond donors (Lipinski definition) is 2. The van der Waals surface area contributed by atoms with Gasteiger partial charge in [-0.05, 0) is 30.3 Å². The molecule has 1 amide bonds. The average molecular weight is 382 g/mol. The smallest absolute Gasteiger partial charge is 0.311 e. The first kappa shape index (κ1) is 17.7. The van der Waals surface area contributed by atoms with Crippen molar-refractivity contribution in [1.82, 2.24) is 20.0 Å². The second kappa shape index (κ2) is 7.04. The van der Waals surface area contributed by atoms with Crippen LogP contribution in [0.1, 0.15) is 16.1 Å². The molecule has 3 heterocycles. The molecular formula is C16H11ClF3N5O. The van der Waals surface area contributed by atoms with E-state index in [-0.39, 0.29) is 16.5 Å². The second-order valence-electron chi connectivity index (χ2n) is 5.11. The van der Waals surface area contributed by atoms with Crippen molar-refractivity contribution in [3.63, 3.8) is 0 Å². The van der Waals surface area contributed by atoms with Gasteiger partial charge in [0, 0.05) is 18.6 Å². The number of carbonyl (C=O) groups is 1. The van der Waals surface area contributed by atoms with Crippen LogP contribution in [0.5, 0.6) is 0 Å². The first-order valence-electron chi connectivity index (χ1n) is 7.23. The normalized spacial score (nSPS) is 11.2. The van der Waals surface area contributed by atoms with Gasteiger partial charge in [0.2, 0.25) is 0 Å². The summed E-state index contributed by atoms with van der Waals surface area (Å²) >= 11 is 5.78. The molecule has 2 N–H and O–H groups in total. The number of rotatable bonds is 4. The van der Waals surface area contributed by atoms with Gasteiger partial charge in [0.15, 0.2) is 5.82 Å². The van der Waals surface area contributed by atoms with Crippen LogP contribution in [0.25, 0.3) is 5.69 Å². The van der Waals surface area contributed by atoms with Crippen LogP contribution in [0.4, 0.5) is 19.0 Å². The molecule has 0 bridgehead atoms. The van der Waals surface area contributed by atoms with Crippen molar-refractivity contribution < 1.29 is 18.0 Å². The van der Waals surface area contributed by atoms with E-state index in [0.29, 0.717) is 11.9 Å². The summed E-state index contributed by atoms with van der Waals surface area (Å²) in [5.74, 6) is -0.635. The quantitative estimate of drug-likeness (QED) is 0.676. The minimum atomic E-state index is -4.55. The highest BCUT2D eigenvalue weighted by atomic mass is 35.5. The molecule has 0 fully saturated rings. The standard InChI is InChI=1S/C16H11ClF3N5O/c17-12-7-10(16(18,19)20)8-22-14(12)23-24-15(26)13-4-2-6-25(13)11-3-1-5-21-9-11/h1-9H,(H,22,23)(H,24,26). The van der Waals surface area contributed by atoms with Crippen molar-refractivity contribution in [2.24, 2.45) is 0 Å². The van der Waals surface area contributed by atoms with Crippen molar-refractivity contribution in [3.8, 4) is 5.69 Å². The van der Waals surface area contributed by atoms with Crippen LogP contribution < -0.4 is 10.9 Å². The second-order valence-corrected chi connectivity index (χ2v) is 5.51. The summed E-state index contributed by atoms with van der Waals surface area (Å²) in [6, 6.07) is 7.46. The van der Waals surface area contributed by atoms with Crippen LogP contribution in [0.3, 0.4) is 0 Å². The van der Waals surface area contributed by atoms with Crippen molar-refractivity contribution in [2.75, 3.05) is 5.43 Å². The zero-order valence-corrected chi connectivity index (χ0v) is 13.7. The van der Waals surface area contributed by atoms with Gasteiger partial charge >= 0.3 is 6.18 Å². The molecule has 134 valence electrons. The Morgan fingerprint density at radius 3 is 2.65 bits per heavy atom. The summed E-state index contributed by atoms with van der Waals surface area (Å²) < 4.78 is 39.4. The highest BCUT2D eigenvalue weighted by Crippen LogP contribution is 2.32. The summed E-state index contributed by atoms with van der Waals surface area (Å²) in [6.45, 7) is 0. The molecule has 3 aromatic heterocycles. The number of anilines is 1. The summed E-state index contributed by atoms with van der Waals surface area (Å²) in [7, 11) is 0. The fraction of sp³-hybridized carbons (Fsp3) is 0.0625. The minimum absolute atomic E-state index is 0.104. The maximum atomic E-state index is 12.6. The lowest BCUT2D eigenvalue weighted by molar-refractivity contribution is -0.137. The Labute approximate surface area is 150 Å². The Balaban J connectivity index is 1.74. The number of nitrogens with zero attached hydrogens (tertiary/aromatic N) is 3. The molecule has 0 aliphatic rings. The van der Waals surface area contributed by atoms with Crippen molar-refractivity contribution in [1.29, 1.82) is 0 Å². The Kier molecular flexibility index (Phi) is 4.81. The Hall–Kier alpha value is -3.07. The van der Waals surface area contributed by atoms with E-state index < -0.39 is 17.6 Å². The fourth-order valence-electron chi connectivity index (χ4n) is 2.15. The van der Waals surface area contributed by atoms with E-state index in [1.807, 2.05) is 0 Å². The number of hydrazine groups is 1. The number of aromatic nitrogens is 3. The van der Waals surface area contributed by atoms with Crippen molar-refractivity contribution in [3.05, 3.63) is 71.4 Å². The predicted molar refractivity (Wildman–Crippen MR) is 88.9 cm³/mol. The molecule has 0 spiro atoms. The zero-order chi connectivity index (χ0) is 18.7. The number of alkyl halides is 3. The van der Waals surface area contributed by atoms with Crippen LogP contribution in [-0.2, 0) is 6.18 Å². The Bertz CT molecular complexity index is 927. The van der Waals surface area contributed by atoms with Crippen LogP contribution in [-0.4, -0.2) is 20.4 Å². The molecule has 0 saturated carbocycles. The maximum Gasteiger partial charge on any atom is 0.417 e. The molecule has 0 aromatic carbocycles. The van der Waals surface area contributed by atoms with Crippen LogP contribution in [0.15, 0.2) is 55.1 Å². The van der Waals surface area contributed by atoms with Crippen molar-refractivity contribution >= 4 is 23.3 Å². The van der Waals surface area contributed by atoms with Gasteiger partial charge in [0.25, 0.3) is 5.91 Å². The highest BCUT2D eigenvalue weighted by Gasteiger charge is 2.31. The Morgan fingerprint density at radius 2 is 2.00 bits per heavy atom. The van der Waals surface area contributed by atoms with E-state index in [4.69, 9.17) is 11.6 Å². The third kappa shape index (κ3) is 3.77. The van der Waals surface area contributed by atoms with Gasteiger partial charge in [0.1, 0.15) is 5.69 Å². The average Bonchev–Trinajstić information content (AvgIpc) is 3.10. The first-order valence-corrected chi connectivity index (χ1v) is 7.61. The van der Waals surface area contributed by atoms with Gasteiger partial charge in [-0.2, -0.15) is 13.2 Å². The molecule has 6 nitrogen and oxygen atoms in total. The number of amides is 1. The third-order valence-electron chi connectivity index (χ3n) is 3.37. The number of hydrogen-bond acceptors (Lipinski definition) is 4. The lowest BCUT2D eigenvalue weighted by atomic mass is 10.3. The largest absolute Gasteiger partial charge is 0.417 e. The van der Waals surface area contributed by atoms with Crippen molar-refractivity contribution in [2.45, 2.75) is 6.18 Å². The molecule has 0 radical (unpaired) electrons. The van der Waals surface area contributed by atoms with Crippen LogP contribution in [0.2, 0.25) is 5.02 Å². The minimum Gasteiger partial charge on any atom is -0.311 e. The molecule has 0 aliphatic heterocycles. The summed E-state index contributed by atoms with van der Waals surface area (Å²) in [4.78, 5) is 19.9. The monoisotopic (exact) mass is 381 g/mol. The van der Waals surface area contributed by atoms with E-state index in [1.54, 1.807) is 47.4 Å². The number of pyridine rings is 2.